The van der Waals surface area contributed by atoms with Crippen molar-refractivity contribution in [3.05, 3.63) is 28.8 Å². The highest BCUT2D eigenvalue weighted by Crippen LogP contribution is 2.25. The maximum Gasteiger partial charge on any atom is 0.243 e. The maximum atomic E-state index is 12.8. The first-order valence-corrected chi connectivity index (χ1v) is 8.68. The molecule has 1 fully saturated rings. The molecule has 0 bridgehead atoms. The topological polar surface area (TPSA) is 40.6 Å². The molecule has 1 saturated heterocycles. The van der Waals surface area contributed by atoms with Gasteiger partial charge >= 0.3 is 0 Å². The van der Waals surface area contributed by atoms with Gasteiger partial charge in [0, 0.05) is 32.1 Å². The summed E-state index contributed by atoms with van der Waals surface area (Å²) < 4.78 is 27.1. The number of benzene rings is 1. The molecule has 112 valence electrons. The molecule has 1 aromatic rings. The third-order valence-corrected chi connectivity index (χ3v) is 6.19. The van der Waals surface area contributed by atoms with Gasteiger partial charge in [-0.15, -0.1) is 11.6 Å². The summed E-state index contributed by atoms with van der Waals surface area (Å²) in [5.41, 5.74) is 2.70. The van der Waals surface area contributed by atoms with Crippen LogP contribution in [-0.4, -0.2) is 50.8 Å². The zero-order chi connectivity index (χ0) is 14.9. The van der Waals surface area contributed by atoms with Crippen molar-refractivity contribution >= 4 is 21.6 Å². The lowest BCUT2D eigenvalue weighted by molar-refractivity contribution is 0.222. The van der Waals surface area contributed by atoms with Gasteiger partial charge in [0.25, 0.3) is 0 Å². The van der Waals surface area contributed by atoms with Crippen LogP contribution in [0.5, 0.6) is 0 Å². The minimum Gasteiger partial charge on any atom is -0.304 e. The van der Waals surface area contributed by atoms with Crippen molar-refractivity contribution in [3.8, 4) is 0 Å². The van der Waals surface area contributed by atoms with Crippen LogP contribution in [0.3, 0.4) is 0 Å². The Morgan fingerprint density at radius 2 is 1.70 bits per heavy atom. The average Bonchev–Trinajstić information content (AvgIpc) is 2.39. The Balaban J connectivity index is 2.39. The second-order valence-electron chi connectivity index (χ2n) is 5.39. The molecule has 1 aliphatic heterocycles. The normalized spacial score (nSPS) is 18.4. The number of rotatable bonds is 3. The molecule has 4 nitrogen and oxygen atoms in total. The first kappa shape index (κ1) is 15.8. The molecule has 0 aromatic heterocycles. The summed E-state index contributed by atoms with van der Waals surface area (Å²) in [5, 5.41) is 0. The molecule has 0 atom stereocenters. The highest BCUT2D eigenvalue weighted by atomic mass is 35.5. The smallest absolute Gasteiger partial charge is 0.243 e. The summed E-state index contributed by atoms with van der Waals surface area (Å²) in [6.07, 6.45) is 0. The Hall–Kier alpha value is -0.620. The van der Waals surface area contributed by atoms with Crippen LogP contribution in [0, 0.1) is 13.8 Å². The van der Waals surface area contributed by atoms with Gasteiger partial charge in [-0.1, -0.05) is 6.07 Å². The summed E-state index contributed by atoms with van der Waals surface area (Å²) in [6, 6.07) is 3.63. The van der Waals surface area contributed by atoms with Crippen molar-refractivity contribution in [1.82, 2.24) is 9.21 Å². The van der Waals surface area contributed by atoms with Gasteiger partial charge in [0.1, 0.15) is 0 Å². The van der Waals surface area contributed by atoms with Crippen LogP contribution < -0.4 is 0 Å². The van der Waals surface area contributed by atoms with Crippen LogP contribution in [0.25, 0.3) is 0 Å². The first-order valence-electron chi connectivity index (χ1n) is 6.71. The number of piperazine rings is 1. The van der Waals surface area contributed by atoms with Crippen LogP contribution in [0.2, 0.25) is 0 Å². The van der Waals surface area contributed by atoms with Crippen LogP contribution in [0.15, 0.2) is 17.0 Å². The number of aryl methyl sites for hydroxylation is 2. The van der Waals surface area contributed by atoms with Crippen LogP contribution in [0.4, 0.5) is 0 Å². The first-order chi connectivity index (χ1) is 9.36. The molecule has 2 rings (SSSR count). The van der Waals surface area contributed by atoms with Gasteiger partial charge in [0.05, 0.1) is 4.90 Å². The molecule has 6 heteroatoms. The number of hydrogen-bond acceptors (Lipinski definition) is 3. The van der Waals surface area contributed by atoms with E-state index in [0.29, 0.717) is 23.9 Å². The highest BCUT2D eigenvalue weighted by molar-refractivity contribution is 7.89. The minimum absolute atomic E-state index is 0.331. The van der Waals surface area contributed by atoms with E-state index < -0.39 is 10.0 Å². The number of nitrogens with zero attached hydrogens (tertiary/aromatic N) is 2. The van der Waals surface area contributed by atoms with Gasteiger partial charge in [0.15, 0.2) is 0 Å². The average molecular weight is 317 g/mol. The predicted molar refractivity (Wildman–Crippen MR) is 81.7 cm³/mol. The molecule has 1 heterocycles. The largest absolute Gasteiger partial charge is 0.304 e. The van der Waals surface area contributed by atoms with E-state index in [4.69, 9.17) is 11.6 Å². The fourth-order valence-electron chi connectivity index (χ4n) is 2.46. The fourth-order valence-corrected chi connectivity index (χ4v) is 4.43. The summed E-state index contributed by atoms with van der Waals surface area (Å²) in [7, 11) is -1.41. The molecule has 0 N–H and O–H groups in total. The molecule has 1 aliphatic rings. The third kappa shape index (κ3) is 3.01. The Kier molecular flexibility index (Phi) is 4.74. The summed E-state index contributed by atoms with van der Waals surface area (Å²) in [4.78, 5) is 2.53. The van der Waals surface area contributed by atoms with E-state index in [0.717, 1.165) is 29.8 Å². The van der Waals surface area contributed by atoms with Crippen molar-refractivity contribution in [2.75, 3.05) is 33.2 Å². The zero-order valence-electron chi connectivity index (χ0n) is 12.2. The number of likely N-dealkylation sites (N-methyl/N-ethyl adjacent to an activating group) is 1. The van der Waals surface area contributed by atoms with Crippen molar-refractivity contribution in [1.29, 1.82) is 0 Å². The molecular weight excluding hydrogens is 296 g/mol. The van der Waals surface area contributed by atoms with E-state index in [1.165, 1.54) is 0 Å². The molecular formula is C14H21ClN2O2S. The van der Waals surface area contributed by atoms with E-state index in [-0.39, 0.29) is 0 Å². The molecule has 0 radical (unpaired) electrons. The zero-order valence-corrected chi connectivity index (χ0v) is 13.8. The van der Waals surface area contributed by atoms with Crippen molar-refractivity contribution < 1.29 is 8.42 Å². The molecule has 20 heavy (non-hydrogen) atoms. The van der Waals surface area contributed by atoms with Gasteiger partial charge in [0.2, 0.25) is 10.0 Å². The van der Waals surface area contributed by atoms with Crippen LogP contribution >= 0.6 is 11.6 Å². The molecule has 0 saturated carbocycles. The van der Waals surface area contributed by atoms with Gasteiger partial charge in [-0.05, 0) is 43.7 Å². The Bertz CT molecular complexity index is 593. The fraction of sp³-hybridized carbons (Fsp3) is 0.571. The molecule has 0 amide bonds. The Morgan fingerprint density at radius 3 is 2.25 bits per heavy atom. The standard InChI is InChI=1S/C14H21ClN2O2S/c1-11-8-12(2)14(9-13(11)10-15)20(18,19)17-6-4-16(3)5-7-17/h8-9H,4-7,10H2,1-3H3. The molecule has 0 spiro atoms. The quantitative estimate of drug-likeness (QED) is 0.801. The molecule has 0 unspecified atom stereocenters. The second-order valence-corrected chi connectivity index (χ2v) is 7.56. The predicted octanol–water partition coefficient (Wildman–Crippen LogP) is 1.98. The van der Waals surface area contributed by atoms with Crippen molar-refractivity contribution in [2.24, 2.45) is 0 Å². The van der Waals surface area contributed by atoms with Crippen molar-refractivity contribution in [2.45, 2.75) is 24.6 Å². The van der Waals surface area contributed by atoms with Gasteiger partial charge in [-0.3, -0.25) is 0 Å². The summed E-state index contributed by atoms with van der Waals surface area (Å²) in [5.74, 6) is 0.331. The van der Waals surface area contributed by atoms with E-state index in [1.807, 2.05) is 27.0 Å². The highest BCUT2D eigenvalue weighted by Gasteiger charge is 2.29. The van der Waals surface area contributed by atoms with E-state index in [1.54, 1.807) is 10.4 Å². The van der Waals surface area contributed by atoms with Crippen LogP contribution in [0.1, 0.15) is 16.7 Å². The number of alkyl halides is 1. The summed E-state index contributed by atoms with van der Waals surface area (Å²) in [6.45, 7) is 6.43. The Morgan fingerprint density at radius 1 is 1.10 bits per heavy atom. The molecule has 0 aliphatic carbocycles. The second kappa shape index (κ2) is 6.02. The third-order valence-electron chi connectivity index (χ3n) is 3.86. The lowest BCUT2D eigenvalue weighted by Crippen LogP contribution is -2.47. The number of sulfonamides is 1. The lowest BCUT2D eigenvalue weighted by Gasteiger charge is -2.32. The monoisotopic (exact) mass is 316 g/mol. The van der Waals surface area contributed by atoms with Gasteiger partial charge in [-0.25, -0.2) is 8.42 Å². The van der Waals surface area contributed by atoms with E-state index in [9.17, 15) is 8.42 Å². The Labute approximate surface area is 126 Å². The number of halogens is 1. The van der Waals surface area contributed by atoms with Crippen molar-refractivity contribution in [3.63, 3.8) is 0 Å². The van der Waals surface area contributed by atoms with Gasteiger partial charge < -0.3 is 4.90 Å². The maximum absolute atomic E-state index is 12.8. The summed E-state index contributed by atoms with van der Waals surface area (Å²) >= 11 is 5.90. The van der Waals surface area contributed by atoms with E-state index >= 15 is 0 Å². The minimum atomic E-state index is -3.42. The lowest BCUT2D eigenvalue weighted by atomic mass is 10.1. The van der Waals surface area contributed by atoms with Gasteiger partial charge in [-0.2, -0.15) is 4.31 Å². The number of hydrogen-bond donors (Lipinski definition) is 0. The SMILES string of the molecule is Cc1cc(C)c(S(=O)(=O)N2CCN(C)CC2)cc1CCl. The van der Waals surface area contributed by atoms with E-state index in [2.05, 4.69) is 4.90 Å². The van der Waals surface area contributed by atoms with Crippen LogP contribution in [-0.2, 0) is 15.9 Å². The molecule has 1 aromatic carbocycles.